The summed E-state index contributed by atoms with van der Waals surface area (Å²) in [6.45, 7) is 2.06. The maximum absolute atomic E-state index is 11.1. The van der Waals surface area contributed by atoms with Gasteiger partial charge in [0.15, 0.2) is 5.58 Å². The smallest absolute Gasteiger partial charge is 0.318 e. The summed E-state index contributed by atoms with van der Waals surface area (Å²) < 4.78 is 5.80. The molecule has 3 aromatic carbocycles. The van der Waals surface area contributed by atoms with Crippen LogP contribution in [0.2, 0.25) is 0 Å². The first-order valence-electron chi connectivity index (χ1n) is 9.55. The van der Waals surface area contributed by atoms with Crippen LogP contribution < -0.4 is 0 Å². The highest BCUT2D eigenvalue weighted by atomic mass is 16.6. The standard InChI is InChI=1S/C22H16N4O6/c1-2-13-3-8-20-18(9-13)24-22(32-20)14-4-6-16(7-5-14)23-12-15-10-17(25(28)29)11-19(21(15)27)26(30)31/h3-12,27H,2H2,1H3. The third kappa shape index (κ3) is 4.01. The molecule has 10 nitrogen and oxygen atoms in total. The lowest BCUT2D eigenvalue weighted by Gasteiger charge is -2.01. The van der Waals surface area contributed by atoms with Crippen molar-refractivity contribution in [1.82, 2.24) is 4.98 Å². The van der Waals surface area contributed by atoms with Crippen LogP contribution in [0.25, 0.3) is 22.6 Å². The van der Waals surface area contributed by atoms with Gasteiger partial charge in [-0.25, -0.2) is 4.98 Å². The molecule has 0 aliphatic carbocycles. The molecule has 0 bridgehead atoms. The molecule has 10 heteroatoms. The molecule has 1 aromatic heterocycles. The van der Waals surface area contributed by atoms with Crippen molar-refractivity contribution in [2.24, 2.45) is 4.99 Å². The quantitative estimate of drug-likeness (QED) is 0.246. The summed E-state index contributed by atoms with van der Waals surface area (Å²) in [7, 11) is 0. The number of phenols is 1. The van der Waals surface area contributed by atoms with E-state index in [0.29, 0.717) is 23.2 Å². The number of rotatable bonds is 6. The molecule has 0 aliphatic heterocycles. The Bertz CT molecular complexity index is 1380. The van der Waals surface area contributed by atoms with Gasteiger partial charge in [-0.15, -0.1) is 0 Å². The van der Waals surface area contributed by atoms with Crippen molar-refractivity contribution < 1.29 is 19.4 Å². The predicted molar refractivity (Wildman–Crippen MR) is 117 cm³/mol. The molecule has 0 spiro atoms. The molecule has 0 aliphatic rings. The fourth-order valence-corrected chi connectivity index (χ4v) is 3.12. The van der Waals surface area contributed by atoms with Gasteiger partial charge in [-0.1, -0.05) is 13.0 Å². The Morgan fingerprint density at radius 2 is 1.81 bits per heavy atom. The van der Waals surface area contributed by atoms with E-state index < -0.39 is 27.0 Å². The minimum atomic E-state index is -0.891. The van der Waals surface area contributed by atoms with Crippen molar-refractivity contribution in [3.05, 3.63) is 86.0 Å². The Hall–Kier alpha value is -4.60. The van der Waals surface area contributed by atoms with Crippen LogP contribution in [0.4, 0.5) is 17.1 Å². The molecule has 0 saturated heterocycles. The number of benzene rings is 3. The van der Waals surface area contributed by atoms with Gasteiger partial charge in [0.1, 0.15) is 5.52 Å². The van der Waals surface area contributed by atoms with E-state index >= 15 is 0 Å². The number of non-ortho nitro benzene ring substituents is 1. The first-order valence-corrected chi connectivity index (χ1v) is 9.55. The van der Waals surface area contributed by atoms with Crippen LogP contribution in [-0.2, 0) is 6.42 Å². The zero-order valence-electron chi connectivity index (χ0n) is 16.8. The number of aryl methyl sites for hydroxylation is 1. The van der Waals surface area contributed by atoms with Crippen LogP contribution in [-0.4, -0.2) is 26.2 Å². The summed E-state index contributed by atoms with van der Waals surface area (Å²) in [6.07, 6.45) is 2.03. The summed E-state index contributed by atoms with van der Waals surface area (Å²) in [6, 6.07) is 14.4. The van der Waals surface area contributed by atoms with Crippen LogP contribution >= 0.6 is 0 Å². The van der Waals surface area contributed by atoms with Crippen LogP contribution in [0.15, 0.2) is 64.0 Å². The van der Waals surface area contributed by atoms with E-state index in [9.17, 15) is 25.3 Å². The lowest BCUT2D eigenvalue weighted by atomic mass is 10.1. The highest BCUT2D eigenvalue weighted by molar-refractivity contribution is 5.88. The molecule has 4 aromatic rings. The van der Waals surface area contributed by atoms with Gasteiger partial charge in [0.25, 0.3) is 5.69 Å². The molecule has 32 heavy (non-hydrogen) atoms. The summed E-state index contributed by atoms with van der Waals surface area (Å²) in [4.78, 5) is 29.1. The highest BCUT2D eigenvalue weighted by Gasteiger charge is 2.23. The third-order valence-electron chi connectivity index (χ3n) is 4.84. The molecule has 0 saturated carbocycles. The molecule has 0 unspecified atom stereocenters. The molecular weight excluding hydrogens is 416 g/mol. The largest absolute Gasteiger partial charge is 0.502 e. The van der Waals surface area contributed by atoms with E-state index in [1.54, 1.807) is 24.3 Å². The second-order valence-electron chi connectivity index (χ2n) is 6.90. The number of hydrogen-bond acceptors (Lipinski definition) is 8. The molecule has 4 rings (SSSR count). The molecule has 0 radical (unpaired) electrons. The van der Waals surface area contributed by atoms with Crippen LogP contribution in [0.3, 0.4) is 0 Å². The molecule has 1 heterocycles. The van der Waals surface area contributed by atoms with Crippen molar-refractivity contribution >= 4 is 34.4 Å². The van der Waals surface area contributed by atoms with E-state index in [1.165, 1.54) is 0 Å². The number of aromatic nitrogens is 1. The van der Waals surface area contributed by atoms with Gasteiger partial charge in [0.2, 0.25) is 11.6 Å². The average molecular weight is 432 g/mol. The molecule has 1 N–H and O–H groups in total. The number of hydrogen-bond donors (Lipinski definition) is 1. The molecule has 0 amide bonds. The Kier molecular flexibility index (Phi) is 5.34. The van der Waals surface area contributed by atoms with Gasteiger partial charge in [-0.2, -0.15) is 0 Å². The van der Waals surface area contributed by atoms with Gasteiger partial charge in [-0.05, 0) is 48.4 Å². The fourth-order valence-electron chi connectivity index (χ4n) is 3.12. The molecule has 160 valence electrons. The van der Waals surface area contributed by atoms with Gasteiger partial charge in [-0.3, -0.25) is 25.2 Å². The Morgan fingerprint density at radius 3 is 2.47 bits per heavy atom. The Balaban J connectivity index is 1.62. The first-order chi connectivity index (χ1) is 15.4. The summed E-state index contributed by atoms with van der Waals surface area (Å²) in [5.41, 5.74) is 2.38. The van der Waals surface area contributed by atoms with Crippen molar-refractivity contribution in [1.29, 1.82) is 0 Å². The fraction of sp³-hybridized carbons (Fsp3) is 0.0909. The SMILES string of the molecule is CCc1ccc2oc(-c3ccc(N=Cc4cc([N+](=O)[O-])cc([N+](=O)[O-])c4O)cc3)nc2c1. The number of nitro groups is 2. The number of aromatic hydroxyl groups is 1. The van der Waals surface area contributed by atoms with Crippen molar-refractivity contribution in [3.63, 3.8) is 0 Å². The van der Waals surface area contributed by atoms with E-state index in [4.69, 9.17) is 4.42 Å². The first kappa shape index (κ1) is 20.7. The summed E-state index contributed by atoms with van der Waals surface area (Å²) >= 11 is 0. The number of nitro benzene ring substituents is 2. The molecule has 0 fully saturated rings. The van der Waals surface area contributed by atoms with E-state index in [0.717, 1.165) is 35.3 Å². The minimum absolute atomic E-state index is 0.138. The highest BCUT2D eigenvalue weighted by Crippen LogP contribution is 2.34. The zero-order valence-corrected chi connectivity index (χ0v) is 16.8. The number of oxazole rings is 1. The second-order valence-corrected chi connectivity index (χ2v) is 6.90. The van der Waals surface area contributed by atoms with Crippen molar-refractivity contribution in [3.8, 4) is 17.2 Å². The lowest BCUT2D eigenvalue weighted by Crippen LogP contribution is -1.96. The predicted octanol–water partition coefficient (Wildman–Crippen LogP) is 5.33. The van der Waals surface area contributed by atoms with Gasteiger partial charge in [0, 0.05) is 23.4 Å². The number of fused-ring (bicyclic) bond motifs is 1. The topological polar surface area (TPSA) is 145 Å². The average Bonchev–Trinajstić information content (AvgIpc) is 3.21. The maximum Gasteiger partial charge on any atom is 0.318 e. The normalized spacial score (nSPS) is 11.3. The lowest BCUT2D eigenvalue weighted by molar-refractivity contribution is -0.394. The van der Waals surface area contributed by atoms with Crippen LogP contribution in [0, 0.1) is 20.2 Å². The van der Waals surface area contributed by atoms with Crippen LogP contribution in [0.1, 0.15) is 18.1 Å². The maximum atomic E-state index is 11.1. The zero-order chi connectivity index (χ0) is 22.8. The number of aliphatic imine (C=N–C) groups is 1. The second kappa shape index (κ2) is 8.26. The Morgan fingerprint density at radius 1 is 1.06 bits per heavy atom. The van der Waals surface area contributed by atoms with Gasteiger partial charge >= 0.3 is 5.69 Å². The minimum Gasteiger partial charge on any atom is -0.502 e. The van der Waals surface area contributed by atoms with E-state index in [-0.39, 0.29) is 5.56 Å². The monoisotopic (exact) mass is 432 g/mol. The summed E-state index contributed by atoms with van der Waals surface area (Å²) in [5, 5.41) is 32.2. The third-order valence-corrected chi connectivity index (χ3v) is 4.84. The van der Waals surface area contributed by atoms with Crippen molar-refractivity contribution in [2.75, 3.05) is 0 Å². The van der Waals surface area contributed by atoms with Crippen molar-refractivity contribution in [2.45, 2.75) is 13.3 Å². The Labute approximate surface area is 180 Å². The summed E-state index contributed by atoms with van der Waals surface area (Å²) in [5.74, 6) is -0.241. The number of phenolic OH excluding ortho intramolecular Hbond substituents is 1. The van der Waals surface area contributed by atoms with E-state index in [1.807, 2.05) is 18.2 Å². The number of nitrogens with zero attached hydrogens (tertiary/aromatic N) is 4. The molecular formula is C22H16N4O6. The van der Waals surface area contributed by atoms with E-state index in [2.05, 4.69) is 16.9 Å². The molecule has 0 atom stereocenters. The van der Waals surface area contributed by atoms with Gasteiger partial charge in [0.05, 0.1) is 21.6 Å². The van der Waals surface area contributed by atoms with Crippen LogP contribution in [0.5, 0.6) is 5.75 Å². The van der Waals surface area contributed by atoms with Gasteiger partial charge < -0.3 is 9.52 Å².